The minimum atomic E-state index is -0.226. The Labute approximate surface area is 192 Å². The summed E-state index contributed by atoms with van der Waals surface area (Å²) in [5, 5.41) is 9.78. The highest BCUT2D eigenvalue weighted by molar-refractivity contribution is 7.99. The van der Waals surface area contributed by atoms with Gasteiger partial charge in [0.25, 0.3) is 11.8 Å². The van der Waals surface area contributed by atoms with Crippen molar-refractivity contribution < 1.29 is 9.59 Å². The number of carbonyl (C=O) groups excluding carboxylic acids is 2. The van der Waals surface area contributed by atoms with E-state index in [4.69, 9.17) is 0 Å². The Bertz CT molecular complexity index is 1080. The van der Waals surface area contributed by atoms with Crippen LogP contribution >= 0.6 is 11.8 Å². The van der Waals surface area contributed by atoms with Crippen LogP contribution in [-0.2, 0) is 6.54 Å². The first kappa shape index (κ1) is 22.2. The second kappa shape index (κ2) is 9.67. The van der Waals surface area contributed by atoms with Crippen molar-refractivity contribution in [2.75, 3.05) is 26.4 Å². The average molecular weight is 450 g/mol. The number of rotatable bonds is 9. The third-order valence-electron chi connectivity index (χ3n) is 5.66. The molecule has 8 heteroatoms. The topological polar surface area (TPSA) is 71.3 Å². The standard InChI is InChI=1S/C24H27N5O2S/c1-4-20(27(2)3)21-25-26-24(29(21)16-17-10-6-5-7-11-17)32-15-14-28-22(30)18-12-8-9-13-19(18)23(28)31/h5-13,20H,4,14-16H2,1-3H3. The van der Waals surface area contributed by atoms with Crippen LogP contribution in [-0.4, -0.2) is 62.8 Å². The van der Waals surface area contributed by atoms with Crippen LogP contribution in [0.5, 0.6) is 0 Å². The molecule has 1 aliphatic heterocycles. The summed E-state index contributed by atoms with van der Waals surface area (Å²) >= 11 is 1.52. The van der Waals surface area contributed by atoms with Gasteiger partial charge in [0.05, 0.1) is 23.7 Å². The summed E-state index contributed by atoms with van der Waals surface area (Å²) in [6.45, 7) is 3.14. The minimum Gasteiger partial charge on any atom is -0.300 e. The summed E-state index contributed by atoms with van der Waals surface area (Å²) in [5.74, 6) is 1.02. The molecule has 32 heavy (non-hydrogen) atoms. The molecule has 0 fully saturated rings. The van der Waals surface area contributed by atoms with Crippen LogP contribution in [0.2, 0.25) is 0 Å². The molecule has 3 aromatic rings. The molecule has 0 aliphatic carbocycles. The van der Waals surface area contributed by atoms with Crippen LogP contribution in [0.1, 0.15) is 51.5 Å². The van der Waals surface area contributed by atoms with Gasteiger partial charge >= 0.3 is 0 Å². The smallest absolute Gasteiger partial charge is 0.261 e. The van der Waals surface area contributed by atoms with Gasteiger partial charge in [-0.1, -0.05) is 61.2 Å². The normalized spacial score (nSPS) is 14.3. The number of aromatic nitrogens is 3. The van der Waals surface area contributed by atoms with E-state index in [0.717, 1.165) is 17.4 Å². The van der Waals surface area contributed by atoms with E-state index >= 15 is 0 Å². The Kier molecular flexibility index (Phi) is 6.72. The molecule has 0 saturated carbocycles. The lowest BCUT2D eigenvalue weighted by atomic mass is 10.1. The van der Waals surface area contributed by atoms with Gasteiger partial charge in [-0.2, -0.15) is 0 Å². The summed E-state index contributed by atoms with van der Waals surface area (Å²) in [5.41, 5.74) is 2.13. The Morgan fingerprint density at radius 3 is 2.16 bits per heavy atom. The van der Waals surface area contributed by atoms with E-state index in [0.29, 0.717) is 30.0 Å². The number of carbonyl (C=O) groups is 2. The lowest BCUT2D eigenvalue weighted by Gasteiger charge is -2.23. The Morgan fingerprint density at radius 1 is 0.938 bits per heavy atom. The van der Waals surface area contributed by atoms with Crippen molar-refractivity contribution in [2.24, 2.45) is 0 Å². The summed E-state index contributed by atoms with van der Waals surface area (Å²) in [6.07, 6.45) is 0.916. The molecular weight excluding hydrogens is 422 g/mol. The van der Waals surface area contributed by atoms with Crippen molar-refractivity contribution in [2.45, 2.75) is 31.1 Å². The maximum atomic E-state index is 12.6. The van der Waals surface area contributed by atoms with Crippen LogP contribution in [0.25, 0.3) is 0 Å². The Balaban J connectivity index is 1.52. The fraction of sp³-hybridized carbons (Fsp3) is 0.333. The molecule has 2 heterocycles. The first-order valence-electron chi connectivity index (χ1n) is 10.7. The molecule has 1 unspecified atom stereocenters. The summed E-state index contributed by atoms with van der Waals surface area (Å²) in [7, 11) is 4.09. The van der Waals surface area contributed by atoms with Crippen molar-refractivity contribution in [1.82, 2.24) is 24.6 Å². The number of thioether (sulfide) groups is 1. The predicted molar refractivity (Wildman–Crippen MR) is 125 cm³/mol. The number of hydrogen-bond acceptors (Lipinski definition) is 6. The summed E-state index contributed by atoms with van der Waals surface area (Å²) in [6, 6.07) is 17.4. The highest BCUT2D eigenvalue weighted by atomic mass is 32.2. The quantitative estimate of drug-likeness (QED) is 0.366. The van der Waals surface area contributed by atoms with Crippen molar-refractivity contribution in [3.63, 3.8) is 0 Å². The van der Waals surface area contributed by atoms with Gasteiger partial charge in [-0.05, 0) is 38.2 Å². The molecule has 1 aliphatic rings. The Morgan fingerprint density at radius 2 is 1.56 bits per heavy atom. The maximum Gasteiger partial charge on any atom is 0.261 e. The van der Waals surface area contributed by atoms with Gasteiger partial charge < -0.3 is 4.57 Å². The zero-order valence-corrected chi connectivity index (χ0v) is 19.4. The van der Waals surface area contributed by atoms with Gasteiger partial charge in [0.15, 0.2) is 11.0 Å². The number of hydrogen-bond donors (Lipinski definition) is 0. The SMILES string of the molecule is CCC(c1nnc(SCCN2C(=O)c3ccccc3C2=O)n1Cc1ccccc1)N(C)C. The number of amides is 2. The van der Waals surface area contributed by atoms with E-state index in [9.17, 15) is 9.59 Å². The fourth-order valence-corrected chi connectivity index (χ4v) is 4.89. The largest absolute Gasteiger partial charge is 0.300 e. The molecule has 1 atom stereocenters. The van der Waals surface area contributed by atoms with Crippen molar-refractivity contribution in [3.05, 3.63) is 77.1 Å². The molecule has 2 aromatic carbocycles. The van der Waals surface area contributed by atoms with Gasteiger partial charge in [-0.15, -0.1) is 10.2 Å². The number of nitrogens with zero attached hydrogens (tertiary/aromatic N) is 5. The van der Waals surface area contributed by atoms with Gasteiger partial charge in [0.2, 0.25) is 0 Å². The average Bonchev–Trinajstić information content (AvgIpc) is 3.29. The van der Waals surface area contributed by atoms with E-state index in [2.05, 4.69) is 38.7 Å². The number of fused-ring (bicyclic) bond motifs is 1. The summed E-state index contributed by atoms with van der Waals surface area (Å²) in [4.78, 5) is 28.7. The van der Waals surface area contributed by atoms with E-state index in [1.54, 1.807) is 24.3 Å². The van der Waals surface area contributed by atoms with Crippen LogP contribution in [0.15, 0.2) is 59.8 Å². The first-order chi connectivity index (χ1) is 15.5. The third-order valence-corrected chi connectivity index (χ3v) is 6.61. The van der Waals surface area contributed by atoms with E-state index in [-0.39, 0.29) is 17.9 Å². The van der Waals surface area contributed by atoms with E-state index in [1.807, 2.05) is 32.3 Å². The van der Waals surface area contributed by atoms with Crippen LogP contribution in [0, 0.1) is 0 Å². The van der Waals surface area contributed by atoms with Gasteiger partial charge in [-0.25, -0.2) is 0 Å². The molecule has 4 rings (SSSR count). The zero-order chi connectivity index (χ0) is 22.7. The molecule has 0 N–H and O–H groups in total. The molecule has 1 aromatic heterocycles. The zero-order valence-electron chi connectivity index (χ0n) is 18.6. The van der Waals surface area contributed by atoms with Crippen LogP contribution < -0.4 is 0 Å². The van der Waals surface area contributed by atoms with Crippen molar-refractivity contribution in [1.29, 1.82) is 0 Å². The predicted octanol–water partition coefficient (Wildman–Crippen LogP) is 3.73. The molecule has 0 spiro atoms. The van der Waals surface area contributed by atoms with Crippen LogP contribution in [0.3, 0.4) is 0 Å². The lowest BCUT2D eigenvalue weighted by Crippen LogP contribution is -2.31. The Hall–Kier alpha value is -2.97. The van der Waals surface area contributed by atoms with Gasteiger partial charge in [0.1, 0.15) is 0 Å². The molecule has 0 bridgehead atoms. The van der Waals surface area contributed by atoms with Gasteiger partial charge in [-0.3, -0.25) is 19.4 Å². The molecule has 166 valence electrons. The minimum absolute atomic E-state index is 0.150. The van der Waals surface area contributed by atoms with Gasteiger partial charge in [0, 0.05) is 12.3 Å². The third kappa shape index (κ3) is 4.33. The fourth-order valence-electron chi connectivity index (χ4n) is 4.02. The maximum absolute atomic E-state index is 12.6. The monoisotopic (exact) mass is 449 g/mol. The molecule has 0 saturated heterocycles. The summed E-state index contributed by atoms with van der Waals surface area (Å²) < 4.78 is 2.15. The van der Waals surface area contributed by atoms with E-state index in [1.165, 1.54) is 22.2 Å². The van der Waals surface area contributed by atoms with Crippen molar-refractivity contribution >= 4 is 23.6 Å². The van der Waals surface area contributed by atoms with Crippen LogP contribution in [0.4, 0.5) is 0 Å². The highest BCUT2D eigenvalue weighted by Gasteiger charge is 2.34. The highest BCUT2D eigenvalue weighted by Crippen LogP contribution is 2.27. The second-order valence-electron chi connectivity index (χ2n) is 7.96. The molecule has 0 radical (unpaired) electrons. The lowest BCUT2D eigenvalue weighted by molar-refractivity contribution is 0.0664. The number of imide groups is 1. The number of benzene rings is 2. The molecular formula is C24H27N5O2S. The first-order valence-corrected chi connectivity index (χ1v) is 11.7. The molecule has 2 amide bonds. The molecule has 7 nitrogen and oxygen atoms in total. The second-order valence-corrected chi connectivity index (χ2v) is 9.02. The van der Waals surface area contributed by atoms with Crippen molar-refractivity contribution in [3.8, 4) is 0 Å². The van der Waals surface area contributed by atoms with E-state index < -0.39 is 0 Å².